The summed E-state index contributed by atoms with van der Waals surface area (Å²) in [6.45, 7) is 2.08. The fourth-order valence-corrected chi connectivity index (χ4v) is 1.67. The summed E-state index contributed by atoms with van der Waals surface area (Å²) in [5, 5.41) is 9.18. The van der Waals surface area contributed by atoms with E-state index >= 15 is 0 Å². The standard InChI is InChI=1S/C10H12O2S/c1-2-13-9-5-3-8(4-6-9)10(12)7-11/h3-7,10,12H,2H2,1H3. The van der Waals surface area contributed by atoms with Crippen molar-refractivity contribution in [3.63, 3.8) is 0 Å². The van der Waals surface area contributed by atoms with Gasteiger partial charge in [0.15, 0.2) is 6.29 Å². The van der Waals surface area contributed by atoms with Crippen LogP contribution in [0.25, 0.3) is 0 Å². The first-order valence-corrected chi connectivity index (χ1v) is 5.12. The fourth-order valence-electron chi connectivity index (χ4n) is 1.01. The van der Waals surface area contributed by atoms with E-state index in [4.69, 9.17) is 0 Å². The number of benzene rings is 1. The Kier molecular flexibility index (Phi) is 3.99. The molecule has 0 spiro atoms. The SMILES string of the molecule is CCSc1ccc(C(O)C=O)cc1. The molecule has 0 aliphatic rings. The van der Waals surface area contributed by atoms with E-state index in [9.17, 15) is 9.90 Å². The van der Waals surface area contributed by atoms with Gasteiger partial charge in [-0.15, -0.1) is 11.8 Å². The van der Waals surface area contributed by atoms with Crippen LogP contribution in [0.15, 0.2) is 29.2 Å². The van der Waals surface area contributed by atoms with Crippen molar-refractivity contribution in [2.24, 2.45) is 0 Å². The van der Waals surface area contributed by atoms with E-state index in [0.29, 0.717) is 11.8 Å². The maximum atomic E-state index is 10.3. The molecule has 0 saturated heterocycles. The van der Waals surface area contributed by atoms with Crippen molar-refractivity contribution in [1.29, 1.82) is 0 Å². The second-order valence-corrected chi connectivity index (χ2v) is 3.92. The molecule has 1 atom stereocenters. The van der Waals surface area contributed by atoms with E-state index in [1.54, 1.807) is 23.9 Å². The minimum Gasteiger partial charge on any atom is -0.381 e. The molecule has 0 aliphatic carbocycles. The highest BCUT2D eigenvalue weighted by atomic mass is 32.2. The summed E-state index contributed by atoms with van der Waals surface area (Å²) in [4.78, 5) is 11.4. The van der Waals surface area contributed by atoms with Crippen molar-refractivity contribution in [1.82, 2.24) is 0 Å². The van der Waals surface area contributed by atoms with Crippen LogP contribution in [0.2, 0.25) is 0 Å². The number of hydrogen-bond donors (Lipinski definition) is 1. The largest absolute Gasteiger partial charge is 0.381 e. The topological polar surface area (TPSA) is 37.3 Å². The summed E-state index contributed by atoms with van der Waals surface area (Å²) in [6.07, 6.45) is -0.456. The zero-order valence-corrected chi connectivity index (χ0v) is 8.25. The van der Waals surface area contributed by atoms with Gasteiger partial charge in [0.25, 0.3) is 0 Å². The van der Waals surface area contributed by atoms with Crippen LogP contribution in [0.4, 0.5) is 0 Å². The number of hydrogen-bond acceptors (Lipinski definition) is 3. The molecule has 70 valence electrons. The lowest BCUT2D eigenvalue weighted by Crippen LogP contribution is -1.97. The normalized spacial score (nSPS) is 12.5. The summed E-state index contributed by atoms with van der Waals surface area (Å²) in [5.41, 5.74) is 0.649. The van der Waals surface area contributed by atoms with Gasteiger partial charge in [-0.1, -0.05) is 19.1 Å². The Balaban J connectivity index is 2.74. The molecule has 1 N–H and O–H groups in total. The highest BCUT2D eigenvalue weighted by Gasteiger charge is 2.04. The number of aldehydes is 1. The van der Waals surface area contributed by atoms with Gasteiger partial charge >= 0.3 is 0 Å². The van der Waals surface area contributed by atoms with Crippen LogP contribution in [0, 0.1) is 0 Å². The van der Waals surface area contributed by atoms with Gasteiger partial charge < -0.3 is 9.90 Å². The Morgan fingerprint density at radius 1 is 1.46 bits per heavy atom. The van der Waals surface area contributed by atoms with Gasteiger partial charge in [-0.25, -0.2) is 0 Å². The molecule has 0 heterocycles. The van der Waals surface area contributed by atoms with Crippen LogP contribution in [0.5, 0.6) is 0 Å². The zero-order valence-electron chi connectivity index (χ0n) is 7.43. The molecule has 1 aromatic carbocycles. The van der Waals surface area contributed by atoms with E-state index in [-0.39, 0.29) is 0 Å². The van der Waals surface area contributed by atoms with Crippen molar-refractivity contribution in [3.8, 4) is 0 Å². The van der Waals surface area contributed by atoms with Crippen molar-refractivity contribution < 1.29 is 9.90 Å². The lowest BCUT2D eigenvalue weighted by molar-refractivity contribution is -0.115. The minimum absolute atomic E-state index is 0.530. The highest BCUT2D eigenvalue weighted by Crippen LogP contribution is 2.19. The van der Waals surface area contributed by atoms with Gasteiger partial charge in [-0.05, 0) is 23.4 Å². The Morgan fingerprint density at radius 3 is 2.54 bits per heavy atom. The van der Waals surface area contributed by atoms with Crippen molar-refractivity contribution in [2.45, 2.75) is 17.9 Å². The number of carbonyl (C=O) groups excluding carboxylic acids is 1. The van der Waals surface area contributed by atoms with E-state index < -0.39 is 6.10 Å². The zero-order chi connectivity index (χ0) is 9.68. The summed E-state index contributed by atoms with van der Waals surface area (Å²) >= 11 is 1.73. The second kappa shape index (κ2) is 5.04. The molecule has 3 heteroatoms. The molecule has 0 amide bonds. The van der Waals surface area contributed by atoms with E-state index in [1.165, 1.54) is 0 Å². The third-order valence-electron chi connectivity index (χ3n) is 1.66. The highest BCUT2D eigenvalue weighted by molar-refractivity contribution is 7.99. The van der Waals surface area contributed by atoms with E-state index in [2.05, 4.69) is 6.92 Å². The van der Waals surface area contributed by atoms with Crippen LogP contribution < -0.4 is 0 Å². The Morgan fingerprint density at radius 2 is 2.08 bits per heavy atom. The number of thioether (sulfide) groups is 1. The minimum atomic E-state index is -0.985. The Hall–Kier alpha value is -0.800. The predicted molar refractivity (Wildman–Crippen MR) is 53.9 cm³/mol. The number of rotatable bonds is 4. The first-order valence-electron chi connectivity index (χ1n) is 4.14. The maximum Gasteiger partial charge on any atom is 0.153 e. The van der Waals surface area contributed by atoms with Crippen molar-refractivity contribution >= 4 is 18.0 Å². The van der Waals surface area contributed by atoms with E-state index in [0.717, 1.165) is 10.6 Å². The summed E-state index contributed by atoms with van der Waals surface area (Å²) in [7, 11) is 0. The number of aliphatic hydroxyl groups excluding tert-OH is 1. The molecule has 13 heavy (non-hydrogen) atoms. The molecular weight excluding hydrogens is 184 g/mol. The fraction of sp³-hybridized carbons (Fsp3) is 0.300. The van der Waals surface area contributed by atoms with Gasteiger partial charge in [-0.2, -0.15) is 0 Å². The molecule has 1 unspecified atom stereocenters. The number of aliphatic hydroxyl groups is 1. The number of carbonyl (C=O) groups is 1. The van der Waals surface area contributed by atoms with Crippen LogP contribution in [0.3, 0.4) is 0 Å². The summed E-state index contributed by atoms with van der Waals surface area (Å²) in [5.74, 6) is 1.02. The average Bonchev–Trinajstić information content (AvgIpc) is 2.18. The lowest BCUT2D eigenvalue weighted by atomic mass is 10.1. The maximum absolute atomic E-state index is 10.3. The van der Waals surface area contributed by atoms with Gasteiger partial charge in [-0.3, -0.25) is 0 Å². The van der Waals surface area contributed by atoms with Crippen molar-refractivity contribution in [3.05, 3.63) is 29.8 Å². The predicted octanol–water partition coefficient (Wildman–Crippen LogP) is 2.03. The molecule has 0 bridgehead atoms. The molecule has 2 nitrogen and oxygen atoms in total. The Bertz CT molecular complexity index is 269. The van der Waals surface area contributed by atoms with Gasteiger partial charge in [0.05, 0.1) is 0 Å². The van der Waals surface area contributed by atoms with Crippen LogP contribution in [0.1, 0.15) is 18.6 Å². The summed E-state index contributed by atoms with van der Waals surface area (Å²) in [6, 6.07) is 7.38. The molecule has 1 rings (SSSR count). The molecule has 0 saturated carbocycles. The monoisotopic (exact) mass is 196 g/mol. The Labute approximate surface area is 82.0 Å². The first-order chi connectivity index (χ1) is 6.27. The third-order valence-corrected chi connectivity index (χ3v) is 2.56. The lowest BCUT2D eigenvalue weighted by Gasteiger charge is -2.03. The van der Waals surface area contributed by atoms with E-state index in [1.807, 2.05) is 12.1 Å². The molecule has 1 aromatic rings. The molecular formula is C10H12O2S. The average molecular weight is 196 g/mol. The third kappa shape index (κ3) is 2.86. The van der Waals surface area contributed by atoms with Crippen molar-refractivity contribution in [2.75, 3.05) is 5.75 Å². The van der Waals surface area contributed by atoms with Gasteiger partial charge in [0.1, 0.15) is 6.10 Å². The van der Waals surface area contributed by atoms with Gasteiger partial charge in [0.2, 0.25) is 0 Å². The molecule has 0 fully saturated rings. The second-order valence-electron chi connectivity index (χ2n) is 2.58. The van der Waals surface area contributed by atoms with Crippen LogP contribution >= 0.6 is 11.8 Å². The first kappa shape index (κ1) is 10.3. The van der Waals surface area contributed by atoms with Crippen LogP contribution in [-0.2, 0) is 4.79 Å². The van der Waals surface area contributed by atoms with Crippen LogP contribution in [-0.4, -0.2) is 17.1 Å². The van der Waals surface area contributed by atoms with Gasteiger partial charge in [0, 0.05) is 4.90 Å². The quantitative estimate of drug-likeness (QED) is 0.591. The molecule has 0 radical (unpaired) electrons. The molecule has 0 aromatic heterocycles. The smallest absolute Gasteiger partial charge is 0.153 e. The molecule has 0 aliphatic heterocycles. The summed E-state index contributed by atoms with van der Waals surface area (Å²) < 4.78 is 0.